The average molecular weight is 246 g/mol. The Kier molecular flexibility index (Phi) is 3.21. The summed E-state index contributed by atoms with van der Waals surface area (Å²) >= 11 is 11.8. The monoisotopic (exact) mass is 245 g/mol. The molecule has 1 aliphatic rings. The van der Waals surface area contributed by atoms with Crippen LogP contribution in [0.3, 0.4) is 0 Å². The van der Waals surface area contributed by atoms with E-state index in [4.69, 9.17) is 28.3 Å². The van der Waals surface area contributed by atoms with E-state index in [0.29, 0.717) is 16.6 Å². The molecule has 1 saturated carbocycles. The molecule has 2 N–H and O–H groups in total. The van der Waals surface area contributed by atoms with E-state index in [2.05, 4.69) is 5.32 Å². The van der Waals surface area contributed by atoms with Crippen LogP contribution < -0.4 is 5.32 Å². The average Bonchev–Trinajstić information content (AvgIpc) is 2.94. The summed E-state index contributed by atoms with van der Waals surface area (Å²) in [5.74, 6) is 0. The molecule has 0 aromatic heterocycles. The van der Waals surface area contributed by atoms with E-state index in [9.17, 15) is 0 Å². The predicted octanol–water partition coefficient (Wildman–Crippen LogP) is 2.61. The normalized spacial score (nSPS) is 17.8. The first-order chi connectivity index (χ1) is 7.13. The SMILES string of the molecule is OCC1(NCc2cc(Cl)cc(Cl)c2)CC1. The Labute approximate surface area is 99.2 Å². The first-order valence-electron chi connectivity index (χ1n) is 4.94. The van der Waals surface area contributed by atoms with Crippen LogP contribution in [0.25, 0.3) is 0 Å². The van der Waals surface area contributed by atoms with Gasteiger partial charge >= 0.3 is 0 Å². The second kappa shape index (κ2) is 4.30. The smallest absolute Gasteiger partial charge is 0.0613 e. The molecule has 0 radical (unpaired) electrons. The van der Waals surface area contributed by atoms with Crippen molar-refractivity contribution >= 4 is 23.2 Å². The number of benzene rings is 1. The van der Waals surface area contributed by atoms with Crippen molar-refractivity contribution in [2.24, 2.45) is 0 Å². The molecule has 0 aliphatic heterocycles. The molecular weight excluding hydrogens is 233 g/mol. The maximum Gasteiger partial charge on any atom is 0.0613 e. The second-order valence-electron chi connectivity index (χ2n) is 4.07. The van der Waals surface area contributed by atoms with Crippen molar-refractivity contribution < 1.29 is 5.11 Å². The number of aliphatic hydroxyl groups is 1. The summed E-state index contributed by atoms with van der Waals surface area (Å²) in [7, 11) is 0. The van der Waals surface area contributed by atoms with Gasteiger partial charge in [0.2, 0.25) is 0 Å². The molecule has 1 aromatic carbocycles. The lowest BCUT2D eigenvalue weighted by Gasteiger charge is -2.14. The van der Waals surface area contributed by atoms with Gasteiger partial charge < -0.3 is 10.4 Å². The van der Waals surface area contributed by atoms with Gasteiger partial charge in [0.05, 0.1) is 6.61 Å². The Morgan fingerprint density at radius 2 is 1.80 bits per heavy atom. The van der Waals surface area contributed by atoms with Crippen molar-refractivity contribution in [2.75, 3.05) is 6.61 Å². The molecular formula is C11H13Cl2NO. The van der Waals surface area contributed by atoms with Crippen molar-refractivity contribution in [1.29, 1.82) is 0 Å². The van der Waals surface area contributed by atoms with Crippen molar-refractivity contribution in [1.82, 2.24) is 5.32 Å². The zero-order valence-corrected chi connectivity index (χ0v) is 9.78. The molecule has 15 heavy (non-hydrogen) atoms. The minimum absolute atomic E-state index is 0.0468. The quantitative estimate of drug-likeness (QED) is 0.855. The van der Waals surface area contributed by atoms with Crippen LogP contribution in [-0.4, -0.2) is 17.3 Å². The van der Waals surface area contributed by atoms with Crippen LogP contribution in [-0.2, 0) is 6.54 Å². The van der Waals surface area contributed by atoms with E-state index in [-0.39, 0.29) is 12.1 Å². The summed E-state index contributed by atoms with van der Waals surface area (Å²) in [5, 5.41) is 13.7. The number of aliphatic hydroxyl groups excluding tert-OH is 1. The minimum atomic E-state index is -0.0468. The highest BCUT2D eigenvalue weighted by Gasteiger charge is 2.41. The molecule has 0 spiro atoms. The Morgan fingerprint density at radius 3 is 2.27 bits per heavy atom. The van der Waals surface area contributed by atoms with Crippen LogP contribution in [0.1, 0.15) is 18.4 Å². The second-order valence-corrected chi connectivity index (χ2v) is 4.94. The van der Waals surface area contributed by atoms with E-state index in [0.717, 1.165) is 18.4 Å². The first-order valence-corrected chi connectivity index (χ1v) is 5.70. The summed E-state index contributed by atoms with van der Waals surface area (Å²) in [5.41, 5.74) is 1.00. The van der Waals surface area contributed by atoms with Gasteiger partial charge in [0.25, 0.3) is 0 Å². The van der Waals surface area contributed by atoms with Gasteiger partial charge in [-0.3, -0.25) is 0 Å². The first kappa shape index (κ1) is 11.2. The highest BCUT2D eigenvalue weighted by molar-refractivity contribution is 6.34. The van der Waals surface area contributed by atoms with Gasteiger partial charge in [-0.25, -0.2) is 0 Å². The van der Waals surface area contributed by atoms with E-state index in [1.54, 1.807) is 6.07 Å². The molecule has 4 heteroatoms. The molecule has 2 rings (SSSR count). The van der Waals surface area contributed by atoms with Crippen LogP contribution in [0.5, 0.6) is 0 Å². The van der Waals surface area contributed by atoms with Gasteiger partial charge in [-0.15, -0.1) is 0 Å². The third kappa shape index (κ3) is 2.85. The van der Waals surface area contributed by atoms with Gasteiger partial charge in [0, 0.05) is 22.1 Å². The molecule has 82 valence electrons. The van der Waals surface area contributed by atoms with Gasteiger partial charge in [-0.1, -0.05) is 23.2 Å². The summed E-state index contributed by atoms with van der Waals surface area (Å²) in [6.07, 6.45) is 2.08. The third-order valence-corrected chi connectivity index (χ3v) is 3.18. The van der Waals surface area contributed by atoms with Gasteiger partial charge in [0.15, 0.2) is 0 Å². The summed E-state index contributed by atoms with van der Waals surface area (Å²) < 4.78 is 0. The maximum atomic E-state index is 9.13. The van der Waals surface area contributed by atoms with Crippen LogP contribution in [0.4, 0.5) is 0 Å². The number of nitrogens with one attached hydrogen (secondary N) is 1. The molecule has 1 aliphatic carbocycles. The van der Waals surface area contributed by atoms with E-state index < -0.39 is 0 Å². The van der Waals surface area contributed by atoms with Crippen molar-refractivity contribution in [2.45, 2.75) is 24.9 Å². The number of halogens is 2. The van der Waals surface area contributed by atoms with Gasteiger partial charge in [0.1, 0.15) is 0 Å². The third-order valence-electron chi connectivity index (χ3n) is 2.75. The van der Waals surface area contributed by atoms with E-state index >= 15 is 0 Å². The fourth-order valence-electron chi connectivity index (χ4n) is 1.54. The van der Waals surface area contributed by atoms with Gasteiger partial charge in [-0.2, -0.15) is 0 Å². The molecule has 0 unspecified atom stereocenters. The fourth-order valence-corrected chi connectivity index (χ4v) is 2.12. The number of rotatable bonds is 4. The summed E-state index contributed by atoms with van der Waals surface area (Å²) in [6.45, 7) is 0.891. The fraction of sp³-hybridized carbons (Fsp3) is 0.455. The maximum absolute atomic E-state index is 9.13. The minimum Gasteiger partial charge on any atom is -0.394 e. The molecule has 1 fully saturated rings. The lowest BCUT2D eigenvalue weighted by Crippen LogP contribution is -2.34. The van der Waals surface area contributed by atoms with Gasteiger partial charge in [-0.05, 0) is 36.6 Å². The molecule has 0 saturated heterocycles. The summed E-state index contributed by atoms with van der Waals surface area (Å²) in [4.78, 5) is 0. The molecule has 0 bridgehead atoms. The lowest BCUT2D eigenvalue weighted by atomic mass is 10.2. The van der Waals surface area contributed by atoms with Crippen molar-refractivity contribution in [3.63, 3.8) is 0 Å². The zero-order chi connectivity index (χ0) is 10.9. The largest absolute Gasteiger partial charge is 0.394 e. The van der Waals surface area contributed by atoms with E-state index in [1.165, 1.54) is 0 Å². The van der Waals surface area contributed by atoms with Crippen LogP contribution >= 0.6 is 23.2 Å². The van der Waals surface area contributed by atoms with Crippen molar-refractivity contribution in [3.05, 3.63) is 33.8 Å². The Hall–Kier alpha value is -0.280. The van der Waals surface area contributed by atoms with E-state index in [1.807, 2.05) is 12.1 Å². The molecule has 0 amide bonds. The molecule has 0 atom stereocenters. The highest BCUT2D eigenvalue weighted by Crippen LogP contribution is 2.35. The van der Waals surface area contributed by atoms with Crippen LogP contribution in [0.15, 0.2) is 18.2 Å². The van der Waals surface area contributed by atoms with Crippen molar-refractivity contribution in [3.8, 4) is 0 Å². The van der Waals surface area contributed by atoms with Crippen LogP contribution in [0.2, 0.25) is 10.0 Å². The topological polar surface area (TPSA) is 32.3 Å². The standard InChI is InChI=1S/C11H13Cl2NO/c12-9-3-8(4-10(13)5-9)6-14-11(7-15)1-2-11/h3-5,14-15H,1-2,6-7H2. The lowest BCUT2D eigenvalue weighted by molar-refractivity contribution is 0.229. The molecule has 2 nitrogen and oxygen atoms in total. The number of hydrogen-bond acceptors (Lipinski definition) is 2. The molecule has 1 aromatic rings. The Bertz CT molecular complexity index is 343. The zero-order valence-electron chi connectivity index (χ0n) is 8.26. The highest BCUT2D eigenvalue weighted by atomic mass is 35.5. The Balaban J connectivity index is 1.99. The number of hydrogen-bond donors (Lipinski definition) is 2. The van der Waals surface area contributed by atoms with Crippen LogP contribution in [0, 0.1) is 0 Å². The summed E-state index contributed by atoms with van der Waals surface area (Å²) in [6, 6.07) is 5.48. The molecule has 0 heterocycles. The Morgan fingerprint density at radius 1 is 1.20 bits per heavy atom. The predicted molar refractivity (Wildman–Crippen MR) is 62.4 cm³/mol.